The van der Waals surface area contributed by atoms with Crippen LogP contribution in [0.5, 0.6) is 0 Å². The third-order valence-electron chi connectivity index (χ3n) is 7.69. The van der Waals surface area contributed by atoms with Gasteiger partial charge < -0.3 is 29.6 Å². The molecule has 0 bridgehead atoms. The van der Waals surface area contributed by atoms with E-state index in [0.717, 1.165) is 22.3 Å². The number of alkyl carbamates (subject to hydrolysis) is 2. The van der Waals surface area contributed by atoms with Crippen molar-refractivity contribution >= 4 is 35.7 Å². The number of ether oxygens (including phenoxy) is 4. The van der Waals surface area contributed by atoms with Crippen LogP contribution in [0, 0.1) is 11.8 Å². The summed E-state index contributed by atoms with van der Waals surface area (Å²) in [6, 6.07) is 8.58. The molecule has 2 aromatic rings. The molecule has 50 heavy (non-hydrogen) atoms. The Kier molecular flexibility index (Phi) is 13.0. The summed E-state index contributed by atoms with van der Waals surface area (Å²) in [6.45, 7) is 16.3. The predicted molar refractivity (Wildman–Crippen MR) is 186 cm³/mol. The number of Topliss-reactive ketones (excluding diaryl/α,β-unsaturated/α-hetero) is 2. The number of fused-ring (bicyclic) bond motifs is 3. The number of aryl methyl sites for hydroxylation is 2. The molecule has 0 saturated carbocycles. The minimum absolute atomic E-state index is 0.301. The predicted octanol–water partition coefficient (Wildman–Crippen LogP) is 6.00. The molecule has 3 rings (SSSR count). The highest BCUT2D eigenvalue weighted by atomic mass is 16.6. The zero-order valence-electron chi connectivity index (χ0n) is 30.7. The van der Waals surface area contributed by atoms with E-state index in [0.29, 0.717) is 24.0 Å². The molecule has 2 atom stereocenters. The molecule has 0 aromatic heterocycles. The standard InChI is InChI=1S/C38H50N2O10/c1-21(2)31(39-35(45)49-37(5,6)7)33(43)47-19-29(41)25-13-15-27-23(17-25)11-12-24-18-26(14-16-28(24)27)30(42)20-48-34(44)32(22(3)4)40-36(46)50-38(8,9)10/h13-18,21-22,31-32H,11-12,19-20H2,1-10H3,(H,39,45)(H,40,46)/t31-,32-/m0/s1. The highest BCUT2D eigenvalue weighted by Gasteiger charge is 2.30. The lowest BCUT2D eigenvalue weighted by Crippen LogP contribution is -2.47. The molecule has 2 aromatic carbocycles. The van der Waals surface area contributed by atoms with E-state index < -0.39 is 60.6 Å². The van der Waals surface area contributed by atoms with Crippen LogP contribution < -0.4 is 10.6 Å². The monoisotopic (exact) mass is 694 g/mol. The van der Waals surface area contributed by atoms with Gasteiger partial charge >= 0.3 is 24.1 Å². The summed E-state index contributed by atoms with van der Waals surface area (Å²) in [5.74, 6) is -2.84. The molecule has 272 valence electrons. The van der Waals surface area contributed by atoms with E-state index in [9.17, 15) is 28.8 Å². The van der Waals surface area contributed by atoms with Crippen molar-refractivity contribution in [2.24, 2.45) is 11.8 Å². The average Bonchev–Trinajstić information content (AvgIpc) is 3.00. The highest BCUT2D eigenvalue weighted by Crippen LogP contribution is 2.35. The average molecular weight is 695 g/mol. The van der Waals surface area contributed by atoms with Crippen LogP contribution in [0.2, 0.25) is 0 Å². The minimum atomic E-state index is -0.986. The van der Waals surface area contributed by atoms with Crippen LogP contribution in [-0.4, -0.2) is 72.2 Å². The van der Waals surface area contributed by atoms with Gasteiger partial charge in [0.05, 0.1) is 0 Å². The van der Waals surface area contributed by atoms with Crippen molar-refractivity contribution in [2.45, 2.75) is 105 Å². The Hall–Kier alpha value is -4.74. The molecule has 0 radical (unpaired) electrons. The van der Waals surface area contributed by atoms with E-state index >= 15 is 0 Å². The SMILES string of the molecule is CC(C)[C@H](NC(=O)OC(C)(C)C)C(=O)OCC(=O)c1ccc2c(c1)CCc1cc(C(=O)COC(=O)[C@@H](NC(=O)OC(C)(C)C)C(C)C)ccc1-2. The number of benzene rings is 2. The second-order valence-electron chi connectivity index (χ2n) is 15.0. The van der Waals surface area contributed by atoms with Crippen LogP contribution in [0.4, 0.5) is 9.59 Å². The van der Waals surface area contributed by atoms with E-state index in [1.54, 1.807) is 93.5 Å². The normalized spacial score (nSPS) is 13.7. The van der Waals surface area contributed by atoms with Crippen molar-refractivity contribution in [2.75, 3.05) is 13.2 Å². The van der Waals surface area contributed by atoms with Gasteiger partial charge in [0, 0.05) is 11.1 Å². The van der Waals surface area contributed by atoms with Gasteiger partial charge in [-0.15, -0.1) is 0 Å². The molecule has 0 spiro atoms. The van der Waals surface area contributed by atoms with Crippen molar-refractivity contribution in [1.82, 2.24) is 10.6 Å². The number of rotatable bonds is 12. The van der Waals surface area contributed by atoms with Crippen LogP contribution >= 0.6 is 0 Å². The molecule has 0 aliphatic heterocycles. The maximum Gasteiger partial charge on any atom is 0.408 e. The topological polar surface area (TPSA) is 163 Å². The Morgan fingerprint density at radius 3 is 1.24 bits per heavy atom. The summed E-state index contributed by atoms with van der Waals surface area (Å²) in [4.78, 5) is 76.0. The minimum Gasteiger partial charge on any atom is -0.456 e. The van der Waals surface area contributed by atoms with E-state index in [1.165, 1.54) is 0 Å². The first-order valence-electron chi connectivity index (χ1n) is 16.8. The second-order valence-corrected chi connectivity index (χ2v) is 15.0. The van der Waals surface area contributed by atoms with E-state index in [4.69, 9.17) is 18.9 Å². The molecule has 12 nitrogen and oxygen atoms in total. The number of carbonyl (C=O) groups is 6. The number of hydrogen-bond donors (Lipinski definition) is 2. The van der Waals surface area contributed by atoms with Gasteiger partial charge in [-0.1, -0.05) is 52.0 Å². The van der Waals surface area contributed by atoms with Crippen molar-refractivity contribution in [3.05, 3.63) is 58.7 Å². The van der Waals surface area contributed by atoms with Gasteiger partial charge in [0.2, 0.25) is 0 Å². The largest absolute Gasteiger partial charge is 0.456 e. The number of esters is 2. The van der Waals surface area contributed by atoms with Crippen LogP contribution in [0.15, 0.2) is 36.4 Å². The number of ketones is 2. The summed E-state index contributed by atoms with van der Waals surface area (Å²) in [5.41, 5.74) is 3.00. The Morgan fingerprint density at radius 2 is 0.940 bits per heavy atom. The maximum absolute atomic E-state index is 13.0. The quantitative estimate of drug-likeness (QED) is 0.153. The molecule has 0 unspecified atom stereocenters. The van der Waals surface area contributed by atoms with Crippen LogP contribution in [-0.2, 0) is 41.4 Å². The molecule has 1 aliphatic rings. The third kappa shape index (κ3) is 11.4. The van der Waals surface area contributed by atoms with E-state index in [2.05, 4.69) is 10.6 Å². The molecule has 0 heterocycles. The summed E-state index contributed by atoms with van der Waals surface area (Å²) < 4.78 is 21.1. The highest BCUT2D eigenvalue weighted by molar-refractivity contribution is 6.00. The van der Waals surface area contributed by atoms with Crippen molar-refractivity contribution in [1.29, 1.82) is 0 Å². The Morgan fingerprint density at radius 1 is 0.600 bits per heavy atom. The summed E-state index contributed by atoms with van der Waals surface area (Å²) in [6.07, 6.45) is -0.285. The molecule has 2 N–H and O–H groups in total. The first kappa shape index (κ1) is 39.7. The number of amides is 2. The van der Waals surface area contributed by atoms with Gasteiger partial charge in [-0.2, -0.15) is 0 Å². The van der Waals surface area contributed by atoms with Crippen molar-refractivity contribution < 1.29 is 47.7 Å². The fraction of sp³-hybridized carbons (Fsp3) is 0.526. The fourth-order valence-corrected chi connectivity index (χ4v) is 5.23. The van der Waals surface area contributed by atoms with Gasteiger partial charge in [0.1, 0.15) is 23.3 Å². The van der Waals surface area contributed by atoms with E-state index in [-0.39, 0.29) is 23.4 Å². The maximum atomic E-state index is 13.0. The third-order valence-corrected chi connectivity index (χ3v) is 7.69. The van der Waals surface area contributed by atoms with Crippen molar-refractivity contribution in [3.8, 4) is 11.1 Å². The molecular weight excluding hydrogens is 644 g/mol. The fourth-order valence-electron chi connectivity index (χ4n) is 5.23. The summed E-state index contributed by atoms with van der Waals surface area (Å²) in [7, 11) is 0. The molecule has 2 amide bonds. The van der Waals surface area contributed by atoms with Gasteiger partial charge in [0.25, 0.3) is 0 Å². The molecule has 0 fully saturated rings. The first-order valence-corrected chi connectivity index (χ1v) is 16.8. The zero-order valence-corrected chi connectivity index (χ0v) is 30.7. The van der Waals surface area contributed by atoms with Gasteiger partial charge in [-0.25, -0.2) is 19.2 Å². The van der Waals surface area contributed by atoms with Crippen LogP contribution in [0.1, 0.15) is 101 Å². The molecule has 12 heteroatoms. The van der Waals surface area contributed by atoms with Gasteiger partial charge in [-0.05, 0) is 101 Å². The van der Waals surface area contributed by atoms with Crippen molar-refractivity contribution in [3.63, 3.8) is 0 Å². The number of carbonyl (C=O) groups excluding carboxylic acids is 6. The smallest absolute Gasteiger partial charge is 0.408 e. The molecule has 1 aliphatic carbocycles. The molecule has 0 saturated heterocycles. The Balaban J connectivity index is 1.62. The summed E-state index contributed by atoms with van der Waals surface area (Å²) >= 11 is 0. The van der Waals surface area contributed by atoms with Crippen LogP contribution in [0.25, 0.3) is 11.1 Å². The van der Waals surface area contributed by atoms with Gasteiger partial charge in [-0.3, -0.25) is 9.59 Å². The second kappa shape index (κ2) is 16.3. The zero-order chi connectivity index (χ0) is 37.6. The lowest BCUT2D eigenvalue weighted by atomic mass is 9.83. The number of hydrogen-bond acceptors (Lipinski definition) is 10. The van der Waals surface area contributed by atoms with Crippen LogP contribution in [0.3, 0.4) is 0 Å². The summed E-state index contributed by atoms with van der Waals surface area (Å²) in [5, 5.41) is 5.04. The number of nitrogens with one attached hydrogen (secondary N) is 2. The lowest BCUT2D eigenvalue weighted by molar-refractivity contribution is -0.146. The first-order chi connectivity index (χ1) is 23.1. The Bertz CT molecular complexity index is 1490. The lowest BCUT2D eigenvalue weighted by Gasteiger charge is -2.24. The van der Waals surface area contributed by atoms with E-state index in [1.807, 2.05) is 12.1 Å². The van der Waals surface area contributed by atoms with Gasteiger partial charge in [0.15, 0.2) is 24.8 Å². The molecular formula is C38H50N2O10. The Labute approximate surface area is 293 Å².